The number of aromatic amines is 1. The van der Waals surface area contributed by atoms with E-state index in [-0.39, 0.29) is 18.1 Å². The number of rotatable bonds is 4. The number of aryl methyl sites for hydroxylation is 1. The average molecular weight is 484 g/mol. The Morgan fingerprint density at radius 3 is 2.71 bits per heavy atom. The van der Waals surface area contributed by atoms with Crippen LogP contribution in [-0.2, 0) is 11.8 Å². The van der Waals surface area contributed by atoms with E-state index in [0.29, 0.717) is 27.7 Å². The van der Waals surface area contributed by atoms with E-state index in [1.807, 2.05) is 35.8 Å². The molecule has 7 rings (SSSR count). The molecule has 3 N–H and O–H groups in total. The Labute approximate surface area is 201 Å². The number of nitrogens with zero attached hydrogens (tertiary/aromatic N) is 3. The Balaban J connectivity index is 1.43. The minimum absolute atomic E-state index is 0.111. The zero-order valence-corrected chi connectivity index (χ0v) is 19.8. The molecule has 4 aliphatic rings. The number of carbonyl (C=O) groups is 1. The average Bonchev–Trinajstić information content (AvgIpc) is 3.39. The highest BCUT2D eigenvalue weighted by Crippen LogP contribution is 2.47. The SMILES string of the molecule is CN1C(c2c[nH]c3c(Cl)cc(F)cc23)=Nc2c(ccn2C)C1NC1C2CCC(CC2)C1C(=O)O. The quantitative estimate of drug-likeness (QED) is 0.497. The molecule has 3 saturated carbocycles. The number of amidine groups is 1. The standard InChI is InChI=1S/C25H27ClFN5O2/c1-31-8-7-15-22(31)30-24(17-11-28-21-16(17)9-14(27)10-18(21)26)32(2)23(15)29-20-13-5-3-12(4-6-13)19(20)25(33)34/h7-13,19-20,23,28-29H,3-6H2,1-2H3,(H,33,34). The van der Waals surface area contributed by atoms with Gasteiger partial charge in [0.1, 0.15) is 23.6 Å². The molecule has 178 valence electrons. The van der Waals surface area contributed by atoms with Gasteiger partial charge in [0.05, 0.1) is 16.5 Å². The van der Waals surface area contributed by atoms with E-state index in [9.17, 15) is 14.3 Å². The predicted octanol–water partition coefficient (Wildman–Crippen LogP) is 4.80. The lowest BCUT2D eigenvalue weighted by Crippen LogP contribution is -2.58. The lowest BCUT2D eigenvalue weighted by atomic mass is 9.61. The second-order valence-corrected chi connectivity index (χ2v) is 10.3. The number of carboxylic acids is 1. The number of aromatic nitrogens is 2. The number of nitrogens with one attached hydrogen (secondary N) is 2. The number of hydrogen-bond acceptors (Lipinski definition) is 4. The van der Waals surface area contributed by atoms with Gasteiger partial charge in [0.15, 0.2) is 0 Å². The van der Waals surface area contributed by atoms with Gasteiger partial charge in [-0.05, 0) is 55.7 Å². The fourth-order valence-electron chi connectivity index (χ4n) is 6.43. The van der Waals surface area contributed by atoms with Crippen molar-refractivity contribution in [3.05, 3.63) is 52.6 Å². The molecule has 3 aliphatic carbocycles. The number of aliphatic imine (C=N–C) groups is 1. The van der Waals surface area contributed by atoms with Gasteiger partial charge in [0.25, 0.3) is 0 Å². The zero-order chi connectivity index (χ0) is 23.7. The van der Waals surface area contributed by atoms with Gasteiger partial charge >= 0.3 is 5.97 Å². The van der Waals surface area contributed by atoms with Crippen LogP contribution in [0.2, 0.25) is 5.02 Å². The lowest BCUT2D eigenvalue weighted by Gasteiger charge is -2.49. The third-order valence-corrected chi connectivity index (χ3v) is 8.40. The van der Waals surface area contributed by atoms with E-state index >= 15 is 0 Å². The van der Waals surface area contributed by atoms with E-state index < -0.39 is 17.7 Å². The van der Waals surface area contributed by atoms with Crippen molar-refractivity contribution in [3.8, 4) is 0 Å². The predicted molar refractivity (Wildman–Crippen MR) is 129 cm³/mol. The maximum absolute atomic E-state index is 14.2. The number of H-pyrrole nitrogens is 1. The number of hydrogen-bond donors (Lipinski definition) is 3. The summed E-state index contributed by atoms with van der Waals surface area (Å²) in [5.74, 6) is 0.522. The van der Waals surface area contributed by atoms with Gasteiger partial charge in [-0.1, -0.05) is 11.6 Å². The number of aliphatic carboxylic acids is 1. The van der Waals surface area contributed by atoms with Crippen molar-refractivity contribution in [1.82, 2.24) is 19.8 Å². The molecular formula is C25H27ClFN5O2. The molecule has 3 unspecified atom stereocenters. The fraction of sp³-hybridized carbons (Fsp3) is 0.440. The third-order valence-electron chi connectivity index (χ3n) is 8.10. The zero-order valence-electron chi connectivity index (χ0n) is 19.1. The summed E-state index contributed by atoms with van der Waals surface area (Å²) in [6.07, 6.45) is 7.61. The summed E-state index contributed by atoms with van der Waals surface area (Å²) in [5, 5.41) is 14.8. The van der Waals surface area contributed by atoms with Crippen molar-refractivity contribution >= 4 is 40.1 Å². The number of halogens is 2. The van der Waals surface area contributed by atoms with E-state index in [1.165, 1.54) is 12.1 Å². The van der Waals surface area contributed by atoms with E-state index in [2.05, 4.69) is 10.3 Å². The highest BCUT2D eigenvalue weighted by atomic mass is 35.5. The van der Waals surface area contributed by atoms with Gasteiger partial charge in [-0.15, -0.1) is 0 Å². The number of carboxylic acid groups (broad SMARTS) is 1. The van der Waals surface area contributed by atoms with Crippen LogP contribution >= 0.6 is 11.6 Å². The van der Waals surface area contributed by atoms with Crippen LogP contribution in [0.3, 0.4) is 0 Å². The first-order chi connectivity index (χ1) is 16.3. The molecule has 3 heterocycles. The van der Waals surface area contributed by atoms with Gasteiger partial charge in [-0.25, -0.2) is 9.38 Å². The molecule has 3 aromatic rings. The van der Waals surface area contributed by atoms with Crippen molar-refractivity contribution in [2.75, 3.05) is 7.05 Å². The van der Waals surface area contributed by atoms with Gasteiger partial charge < -0.3 is 19.6 Å². The molecule has 1 aromatic carbocycles. The van der Waals surface area contributed by atoms with Gasteiger partial charge in [-0.2, -0.15) is 0 Å². The molecule has 34 heavy (non-hydrogen) atoms. The summed E-state index contributed by atoms with van der Waals surface area (Å²) in [6.45, 7) is 0. The Morgan fingerprint density at radius 2 is 1.97 bits per heavy atom. The second-order valence-electron chi connectivity index (χ2n) is 9.90. The van der Waals surface area contributed by atoms with Crippen molar-refractivity contribution in [2.24, 2.45) is 29.8 Å². The molecule has 9 heteroatoms. The normalized spacial score (nSPS) is 28.3. The molecule has 7 nitrogen and oxygen atoms in total. The minimum atomic E-state index is -0.714. The first-order valence-corrected chi connectivity index (χ1v) is 12.1. The van der Waals surface area contributed by atoms with E-state index in [1.54, 1.807) is 6.20 Å². The van der Waals surface area contributed by atoms with Crippen LogP contribution in [0.5, 0.6) is 0 Å². The molecule has 1 aliphatic heterocycles. The van der Waals surface area contributed by atoms with Crippen molar-refractivity contribution < 1.29 is 14.3 Å². The van der Waals surface area contributed by atoms with E-state index in [4.69, 9.17) is 16.6 Å². The van der Waals surface area contributed by atoms with Gasteiger partial charge in [-0.3, -0.25) is 10.1 Å². The molecule has 0 spiro atoms. The highest BCUT2D eigenvalue weighted by molar-refractivity contribution is 6.35. The van der Waals surface area contributed by atoms with Crippen LogP contribution in [-0.4, -0.2) is 44.5 Å². The third kappa shape index (κ3) is 3.19. The van der Waals surface area contributed by atoms with E-state index in [0.717, 1.165) is 42.6 Å². The summed E-state index contributed by atoms with van der Waals surface area (Å²) < 4.78 is 16.2. The topological polar surface area (TPSA) is 85.7 Å². The molecule has 0 amide bonds. The second kappa shape index (κ2) is 7.85. The van der Waals surface area contributed by atoms with Crippen molar-refractivity contribution in [2.45, 2.75) is 37.9 Å². The largest absolute Gasteiger partial charge is 0.481 e. The summed E-state index contributed by atoms with van der Waals surface area (Å²) >= 11 is 6.28. The first kappa shape index (κ1) is 21.7. The lowest BCUT2D eigenvalue weighted by molar-refractivity contribution is -0.150. The molecule has 2 bridgehead atoms. The van der Waals surface area contributed by atoms with Crippen LogP contribution in [0.25, 0.3) is 10.9 Å². The Morgan fingerprint density at radius 1 is 1.24 bits per heavy atom. The van der Waals surface area contributed by atoms with Gasteiger partial charge in [0.2, 0.25) is 0 Å². The molecule has 3 atom stereocenters. The summed E-state index contributed by atoms with van der Waals surface area (Å²) in [6, 6.07) is 4.68. The molecule has 0 radical (unpaired) electrons. The summed E-state index contributed by atoms with van der Waals surface area (Å²) in [5.41, 5.74) is 2.41. The number of fused-ring (bicyclic) bond motifs is 5. The van der Waals surface area contributed by atoms with Crippen LogP contribution < -0.4 is 5.32 Å². The van der Waals surface area contributed by atoms with Crippen LogP contribution in [0, 0.1) is 23.6 Å². The maximum Gasteiger partial charge on any atom is 0.308 e. The van der Waals surface area contributed by atoms with Gasteiger partial charge in [0, 0.05) is 49.0 Å². The maximum atomic E-state index is 14.2. The molecule has 2 aromatic heterocycles. The monoisotopic (exact) mass is 483 g/mol. The fourth-order valence-corrected chi connectivity index (χ4v) is 6.69. The van der Waals surface area contributed by atoms with Crippen LogP contribution in [0.1, 0.15) is 43.0 Å². The smallest absolute Gasteiger partial charge is 0.308 e. The Bertz CT molecular complexity index is 1320. The Kier molecular flexibility index (Phi) is 5.00. The molecule has 0 saturated heterocycles. The summed E-state index contributed by atoms with van der Waals surface area (Å²) in [4.78, 5) is 22.4. The Hall–Kier alpha value is -2.84. The summed E-state index contributed by atoms with van der Waals surface area (Å²) in [7, 11) is 3.89. The first-order valence-electron chi connectivity index (χ1n) is 11.8. The van der Waals surface area contributed by atoms with Crippen LogP contribution in [0.15, 0.2) is 35.6 Å². The minimum Gasteiger partial charge on any atom is -0.481 e. The molecule has 3 fully saturated rings. The van der Waals surface area contributed by atoms with Crippen molar-refractivity contribution in [3.63, 3.8) is 0 Å². The number of benzene rings is 1. The highest BCUT2D eigenvalue weighted by Gasteiger charge is 2.48. The molecular weight excluding hydrogens is 457 g/mol. The van der Waals surface area contributed by atoms with Crippen molar-refractivity contribution in [1.29, 1.82) is 0 Å². The van der Waals surface area contributed by atoms with Crippen LogP contribution in [0.4, 0.5) is 10.2 Å².